The SMILES string of the molecule is N[C@H]1CN(c2cc(-c3cccc(O)c3)ncn2)C[C@@H]1c1cc(F)c(F)cc1F. The molecule has 144 valence electrons. The molecular weight excluding hydrogens is 369 g/mol. The summed E-state index contributed by atoms with van der Waals surface area (Å²) in [7, 11) is 0. The predicted molar refractivity (Wildman–Crippen MR) is 98.4 cm³/mol. The summed E-state index contributed by atoms with van der Waals surface area (Å²) >= 11 is 0. The summed E-state index contributed by atoms with van der Waals surface area (Å²) in [4.78, 5) is 10.3. The zero-order valence-electron chi connectivity index (χ0n) is 14.7. The van der Waals surface area contributed by atoms with Crippen molar-refractivity contribution in [1.29, 1.82) is 0 Å². The van der Waals surface area contributed by atoms with Crippen molar-refractivity contribution in [3.8, 4) is 17.0 Å². The smallest absolute Gasteiger partial charge is 0.161 e. The Hall–Kier alpha value is -3.13. The van der Waals surface area contributed by atoms with Gasteiger partial charge in [-0.1, -0.05) is 12.1 Å². The molecule has 28 heavy (non-hydrogen) atoms. The maximum absolute atomic E-state index is 14.2. The van der Waals surface area contributed by atoms with Crippen LogP contribution in [0, 0.1) is 17.5 Å². The minimum absolute atomic E-state index is 0.0520. The molecular formula is C20H17F3N4O. The standard InChI is InChI=1S/C20H17F3N4O/c21-15-6-17(23)16(22)5-13(15)14-8-27(9-18(14)24)20-7-19(25-10-26-20)11-2-1-3-12(28)4-11/h1-7,10,14,18,28H,8-9,24H2/t14-,18+/m1/s1. The number of halogens is 3. The second-order valence-corrected chi connectivity index (χ2v) is 6.77. The average Bonchev–Trinajstić information content (AvgIpc) is 3.06. The van der Waals surface area contributed by atoms with E-state index in [0.29, 0.717) is 30.7 Å². The van der Waals surface area contributed by atoms with E-state index in [-0.39, 0.29) is 11.3 Å². The topological polar surface area (TPSA) is 75.3 Å². The molecule has 0 aliphatic carbocycles. The zero-order chi connectivity index (χ0) is 19.8. The van der Waals surface area contributed by atoms with Crippen LogP contribution in [-0.2, 0) is 0 Å². The van der Waals surface area contributed by atoms with Gasteiger partial charge in [0.2, 0.25) is 0 Å². The Kier molecular flexibility index (Phi) is 4.64. The molecule has 1 fully saturated rings. The number of nitrogens with zero attached hydrogens (tertiary/aromatic N) is 3. The first-order valence-electron chi connectivity index (χ1n) is 8.69. The minimum atomic E-state index is -1.23. The van der Waals surface area contributed by atoms with Crippen LogP contribution in [0.1, 0.15) is 11.5 Å². The van der Waals surface area contributed by atoms with E-state index in [9.17, 15) is 18.3 Å². The normalized spacial score (nSPS) is 19.2. The second-order valence-electron chi connectivity index (χ2n) is 6.77. The van der Waals surface area contributed by atoms with Gasteiger partial charge in [-0.05, 0) is 23.8 Å². The van der Waals surface area contributed by atoms with E-state index >= 15 is 0 Å². The number of aromatic hydroxyl groups is 1. The number of phenolic OH excluding ortho intramolecular Hbond substituents is 1. The largest absolute Gasteiger partial charge is 0.508 e. The molecule has 3 N–H and O–H groups in total. The van der Waals surface area contributed by atoms with Crippen LogP contribution in [-0.4, -0.2) is 34.2 Å². The highest BCUT2D eigenvalue weighted by atomic mass is 19.2. The molecule has 0 radical (unpaired) electrons. The number of hydrogen-bond donors (Lipinski definition) is 2. The highest BCUT2D eigenvalue weighted by Crippen LogP contribution is 2.33. The number of phenols is 1. The lowest BCUT2D eigenvalue weighted by Crippen LogP contribution is -2.29. The number of rotatable bonds is 3. The zero-order valence-corrected chi connectivity index (χ0v) is 14.7. The van der Waals surface area contributed by atoms with E-state index in [1.165, 1.54) is 6.33 Å². The Bertz CT molecular complexity index is 1030. The first-order chi connectivity index (χ1) is 13.4. The van der Waals surface area contributed by atoms with Gasteiger partial charge in [0, 0.05) is 42.7 Å². The molecule has 1 aliphatic rings. The van der Waals surface area contributed by atoms with Crippen molar-refractivity contribution in [2.24, 2.45) is 5.73 Å². The first-order valence-corrected chi connectivity index (χ1v) is 8.69. The summed E-state index contributed by atoms with van der Waals surface area (Å²) in [6, 6.07) is 9.35. The van der Waals surface area contributed by atoms with E-state index in [4.69, 9.17) is 5.73 Å². The average molecular weight is 386 g/mol. The van der Waals surface area contributed by atoms with E-state index in [2.05, 4.69) is 9.97 Å². The van der Waals surface area contributed by atoms with E-state index in [0.717, 1.165) is 11.6 Å². The summed E-state index contributed by atoms with van der Waals surface area (Å²) in [6.07, 6.45) is 1.39. The highest BCUT2D eigenvalue weighted by molar-refractivity contribution is 5.64. The fourth-order valence-corrected chi connectivity index (χ4v) is 3.51. The fraction of sp³-hybridized carbons (Fsp3) is 0.200. The Morgan fingerprint density at radius 3 is 2.54 bits per heavy atom. The molecule has 5 nitrogen and oxygen atoms in total. The lowest BCUT2D eigenvalue weighted by atomic mass is 9.94. The molecule has 0 spiro atoms. The maximum Gasteiger partial charge on any atom is 0.161 e. The highest BCUT2D eigenvalue weighted by Gasteiger charge is 2.34. The van der Waals surface area contributed by atoms with Crippen LogP contribution in [0.2, 0.25) is 0 Å². The van der Waals surface area contributed by atoms with Crippen LogP contribution in [0.25, 0.3) is 11.3 Å². The molecule has 0 unspecified atom stereocenters. The third-order valence-electron chi connectivity index (χ3n) is 4.92. The predicted octanol–water partition coefficient (Wildman–Crippen LogP) is 3.20. The number of aromatic nitrogens is 2. The van der Waals surface area contributed by atoms with Gasteiger partial charge in [-0.3, -0.25) is 0 Å². The molecule has 0 bridgehead atoms. The quantitative estimate of drug-likeness (QED) is 0.676. The molecule has 0 amide bonds. The lowest BCUT2D eigenvalue weighted by molar-refractivity contribution is 0.475. The van der Waals surface area contributed by atoms with Crippen molar-refractivity contribution >= 4 is 5.82 Å². The molecule has 3 aromatic rings. The van der Waals surface area contributed by atoms with E-state index in [1.54, 1.807) is 30.3 Å². The van der Waals surface area contributed by atoms with Crippen LogP contribution >= 0.6 is 0 Å². The van der Waals surface area contributed by atoms with Crippen LogP contribution in [0.4, 0.5) is 19.0 Å². The lowest BCUT2D eigenvalue weighted by Gasteiger charge is -2.18. The molecule has 4 rings (SSSR count). The molecule has 2 heterocycles. The van der Waals surface area contributed by atoms with Crippen molar-refractivity contribution in [3.05, 3.63) is 71.8 Å². The van der Waals surface area contributed by atoms with Gasteiger partial charge in [-0.15, -0.1) is 0 Å². The van der Waals surface area contributed by atoms with Crippen LogP contribution in [0.15, 0.2) is 48.8 Å². The van der Waals surface area contributed by atoms with Crippen molar-refractivity contribution in [2.45, 2.75) is 12.0 Å². The maximum atomic E-state index is 14.2. The molecule has 2 atom stereocenters. The summed E-state index contributed by atoms with van der Waals surface area (Å²) in [5.74, 6) is -2.95. The van der Waals surface area contributed by atoms with Crippen LogP contribution < -0.4 is 10.6 Å². The van der Waals surface area contributed by atoms with Gasteiger partial charge < -0.3 is 15.7 Å². The Balaban J connectivity index is 1.62. The summed E-state index contributed by atoms with van der Waals surface area (Å²) < 4.78 is 41.0. The Morgan fingerprint density at radius 2 is 1.75 bits per heavy atom. The number of anilines is 1. The van der Waals surface area contributed by atoms with Crippen LogP contribution in [0.3, 0.4) is 0 Å². The Labute approximate surface area is 159 Å². The summed E-state index contributed by atoms with van der Waals surface area (Å²) in [6.45, 7) is 0.680. The first kappa shape index (κ1) is 18.2. The molecule has 8 heteroatoms. The van der Waals surface area contributed by atoms with Gasteiger partial charge in [0.05, 0.1) is 5.69 Å². The van der Waals surface area contributed by atoms with Gasteiger partial charge in [-0.2, -0.15) is 0 Å². The molecule has 1 saturated heterocycles. The second kappa shape index (κ2) is 7.12. The van der Waals surface area contributed by atoms with Gasteiger partial charge in [0.25, 0.3) is 0 Å². The van der Waals surface area contributed by atoms with Gasteiger partial charge >= 0.3 is 0 Å². The van der Waals surface area contributed by atoms with Crippen molar-refractivity contribution in [3.63, 3.8) is 0 Å². The molecule has 2 aromatic carbocycles. The number of nitrogens with two attached hydrogens (primary N) is 1. The third-order valence-corrected chi connectivity index (χ3v) is 4.92. The fourth-order valence-electron chi connectivity index (χ4n) is 3.51. The van der Waals surface area contributed by atoms with Crippen molar-refractivity contribution < 1.29 is 18.3 Å². The van der Waals surface area contributed by atoms with Gasteiger partial charge in [0.15, 0.2) is 11.6 Å². The minimum Gasteiger partial charge on any atom is -0.508 e. The van der Waals surface area contributed by atoms with E-state index < -0.39 is 29.4 Å². The van der Waals surface area contributed by atoms with Gasteiger partial charge in [-0.25, -0.2) is 23.1 Å². The van der Waals surface area contributed by atoms with Gasteiger partial charge in [0.1, 0.15) is 23.7 Å². The third kappa shape index (κ3) is 3.38. The monoisotopic (exact) mass is 386 g/mol. The Morgan fingerprint density at radius 1 is 0.964 bits per heavy atom. The van der Waals surface area contributed by atoms with E-state index in [1.807, 2.05) is 4.90 Å². The summed E-state index contributed by atoms with van der Waals surface area (Å²) in [5, 5.41) is 9.66. The molecule has 0 saturated carbocycles. The van der Waals surface area contributed by atoms with Crippen molar-refractivity contribution in [2.75, 3.05) is 18.0 Å². The number of hydrogen-bond acceptors (Lipinski definition) is 5. The summed E-state index contributed by atoms with van der Waals surface area (Å²) in [5.41, 5.74) is 7.54. The molecule has 1 aromatic heterocycles. The molecule has 1 aliphatic heterocycles. The number of benzene rings is 2. The van der Waals surface area contributed by atoms with Crippen LogP contribution in [0.5, 0.6) is 5.75 Å². The van der Waals surface area contributed by atoms with Crippen molar-refractivity contribution in [1.82, 2.24) is 9.97 Å².